The van der Waals surface area contributed by atoms with Gasteiger partial charge in [0.2, 0.25) is 0 Å². The van der Waals surface area contributed by atoms with Crippen molar-refractivity contribution >= 4 is 0 Å². The number of hydrogen-bond donors (Lipinski definition) is 2. The first-order chi connectivity index (χ1) is 5.88. The van der Waals surface area contributed by atoms with Gasteiger partial charge in [-0.25, -0.2) is 4.98 Å². The van der Waals surface area contributed by atoms with Crippen LogP contribution in [0.4, 0.5) is 0 Å². The van der Waals surface area contributed by atoms with Gasteiger partial charge < -0.3 is 10.1 Å². The minimum atomic E-state index is 0.104. The van der Waals surface area contributed by atoms with E-state index in [2.05, 4.69) is 20.5 Å². The predicted molar refractivity (Wildman–Crippen MR) is 44.7 cm³/mol. The third-order valence-electron chi connectivity index (χ3n) is 1.60. The van der Waals surface area contributed by atoms with Crippen molar-refractivity contribution in [1.82, 2.24) is 20.5 Å². The Morgan fingerprint density at radius 2 is 2.58 bits per heavy atom. The highest BCUT2D eigenvalue weighted by Gasteiger charge is 2.10. The molecule has 0 fully saturated rings. The van der Waals surface area contributed by atoms with Gasteiger partial charge in [0.1, 0.15) is 12.2 Å². The molecule has 1 unspecified atom stereocenters. The van der Waals surface area contributed by atoms with E-state index < -0.39 is 0 Å². The van der Waals surface area contributed by atoms with Gasteiger partial charge in [-0.2, -0.15) is 5.10 Å². The second-order valence-corrected chi connectivity index (χ2v) is 2.37. The second-order valence-electron chi connectivity index (χ2n) is 2.37. The summed E-state index contributed by atoms with van der Waals surface area (Å²) in [5.74, 6) is 0.811. The molecule has 0 saturated carbocycles. The summed E-state index contributed by atoms with van der Waals surface area (Å²) in [6, 6.07) is 0.104. The highest BCUT2D eigenvalue weighted by atomic mass is 16.5. The number of rotatable bonds is 5. The van der Waals surface area contributed by atoms with E-state index >= 15 is 0 Å². The zero-order valence-electron chi connectivity index (χ0n) is 7.37. The summed E-state index contributed by atoms with van der Waals surface area (Å²) in [5.41, 5.74) is 0. The summed E-state index contributed by atoms with van der Waals surface area (Å²) in [6.07, 6.45) is 1.49. The molecular formula is C7H14N4O. The van der Waals surface area contributed by atoms with E-state index in [0.717, 1.165) is 5.82 Å². The molecule has 1 heterocycles. The molecule has 0 spiro atoms. The summed E-state index contributed by atoms with van der Waals surface area (Å²) in [5, 5.41) is 9.64. The maximum atomic E-state index is 5.26. The van der Waals surface area contributed by atoms with Crippen LogP contribution in [-0.4, -0.2) is 35.4 Å². The van der Waals surface area contributed by atoms with Gasteiger partial charge in [-0.3, -0.25) is 5.10 Å². The van der Waals surface area contributed by atoms with Crippen LogP contribution in [0.1, 0.15) is 18.8 Å². The molecule has 5 heteroatoms. The van der Waals surface area contributed by atoms with E-state index in [0.29, 0.717) is 13.2 Å². The molecule has 5 nitrogen and oxygen atoms in total. The van der Waals surface area contributed by atoms with Crippen molar-refractivity contribution in [2.75, 3.05) is 20.3 Å². The predicted octanol–water partition coefficient (Wildman–Crippen LogP) is 0.102. The Labute approximate surface area is 71.5 Å². The standard InChI is InChI=1S/C7H14N4O/c1-3-12-4-6(8-2)7-9-5-10-11-7/h5-6,8H,3-4H2,1-2H3,(H,9,10,11). The fourth-order valence-electron chi connectivity index (χ4n) is 0.918. The van der Waals surface area contributed by atoms with Gasteiger partial charge in [-0.05, 0) is 14.0 Å². The first-order valence-corrected chi connectivity index (χ1v) is 3.98. The maximum absolute atomic E-state index is 5.26. The number of aromatic nitrogens is 3. The molecule has 0 bridgehead atoms. The first kappa shape index (κ1) is 9.15. The van der Waals surface area contributed by atoms with E-state index in [1.165, 1.54) is 6.33 Å². The van der Waals surface area contributed by atoms with Crippen LogP contribution in [0.3, 0.4) is 0 Å². The number of H-pyrrole nitrogens is 1. The second kappa shape index (κ2) is 4.84. The van der Waals surface area contributed by atoms with E-state index in [4.69, 9.17) is 4.74 Å². The lowest BCUT2D eigenvalue weighted by Gasteiger charge is -2.11. The highest BCUT2D eigenvalue weighted by Crippen LogP contribution is 2.04. The molecule has 0 aliphatic carbocycles. The average Bonchev–Trinajstić information content (AvgIpc) is 2.59. The van der Waals surface area contributed by atoms with E-state index in [1.807, 2.05) is 14.0 Å². The summed E-state index contributed by atoms with van der Waals surface area (Å²) in [6.45, 7) is 3.29. The van der Waals surface area contributed by atoms with Crippen LogP contribution in [0.2, 0.25) is 0 Å². The molecule has 0 amide bonds. The monoisotopic (exact) mass is 170 g/mol. The van der Waals surface area contributed by atoms with Crippen LogP contribution in [0.15, 0.2) is 6.33 Å². The Hall–Kier alpha value is -0.940. The largest absolute Gasteiger partial charge is 0.380 e. The minimum Gasteiger partial charge on any atom is -0.380 e. The number of aromatic amines is 1. The fourth-order valence-corrected chi connectivity index (χ4v) is 0.918. The molecule has 0 aliphatic heterocycles. The van der Waals surface area contributed by atoms with Crippen LogP contribution in [0.25, 0.3) is 0 Å². The Bertz CT molecular complexity index is 199. The highest BCUT2D eigenvalue weighted by molar-refractivity contribution is 4.90. The van der Waals surface area contributed by atoms with Crippen molar-refractivity contribution in [3.8, 4) is 0 Å². The molecule has 1 aromatic heterocycles. The van der Waals surface area contributed by atoms with Crippen molar-refractivity contribution in [3.05, 3.63) is 12.2 Å². The Kier molecular flexibility index (Phi) is 3.69. The maximum Gasteiger partial charge on any atom is 0.143 e. The van der Waals surface area contributed by atoms with Gasteiger partial charge >= 0.3 is 0 Å². The van der Waals surface area contributed by atoms with Gasteiger partial charge in [0.25, 0.3) is 0 Å². The lowest BCUT2D eigenvalue weighted by atomic mass is 10.3. The van der Waals surface area contributed by atoms with Crippen LogP contribution in [0.5, 0.6) is 0 Å². The summed E-state index contributed by atoms with van der Waals surface area (Å²) < 4.78 is 5.26. The Morgan fingerprint density at radius 3 is 3.08 bits per heavy atom. The van der Waals surface area contributed by atoms with Gasteiger partial charge in [0.05, 0.1) is 12.6 Å². The minimum absolute atomic E-state index is 0.104. The fraction of sp³-hybridized carbons (Fsp3) is 0.714. The number of hydrogen-bond acceptors (Lipinski definition) is 4. The van der Waals surface area contributed by atoms with Crippen LogP contribution in [-0.2, 0) is 4.74 Å². The van der Waals surface area contributed by atoms with Crippen molar-refractivity contribution in [2.24, 2.45) is 0 Å². The van der Waals surface area contributed by atoms with Gasteiger partial charge in [0, 0.05) is 6.61 Å². The van der Waals surface area contributed by atoms with E-state index in [-0.39, 0.29) is 6.04 Å². The molecule has 12 heavy (non-hydrogen) atoms. The van der Waals surface area contributed by atoms with Crippen molar-refractivity contribution in [2.45, 2.75) is 13.0 Å². The van der Waals surface area contributed by atoms with Gasteiger partial charge in [-0.15, -0.1) is 0 Å². The van der Waals surface area contributed by atoms with E-state index in [9.17, 15) is 0 Å². The molecular weight excluding hydrogens is 156 g/mol. The number of ether oxygens (including phenoxy) is 1. The number of nitrogens with zero attached hydrogens (tertiary/aromatic N) is 2. The Balaban J connectivity index is 2.45. The molecule has 0 aliphatic rings. The van der Waals surface area contributed by atoms with Crippen LogP contribution in [0, 0.1) is 0 Å². The lowest BCUT2D eigenvalue weighted by molar-refractivity contribution is 0.123. The molecule has 68 valence electrons. The van der Waals surface area contributed by atoms with E-state index in [1.54, 1.807) is 0 Å². The summed E-state index contributed by atoms with van der Waals surface area (Å²) >= 11 is 0. The summed E-state index contributed by atoms with van der Waals surface area (Å²) in [4.78, 5) is 4.03. The van der Waals surface area contributed by atoms with Crippen LogP contribution < -0.4 is 5.32 Å². The zero-order chi connectivity index (χ0) is 8.81. The molecule has 1 atom stereocenters. The topological polar surface area (TPSA) is 62.8 Å². The average molecular weight is 170 g/mol. The first-order valence-electron chi connectivity index (χ1n) is 3.98. The smallest absolute Gasteiger partial charge is 0.143 e. The molecule has 0 saturated heterocycles. The van der Waals surface area contributed by atoms with Gasteiger partial charge in [0.15, 0.2) is 0 Å². The Morgan fingerprint density at radius 1 is 1.75 bits per heavy atom. The third kappa shape index (κ3) is 2.28. The molecule has 1 aromatic rings. The third-order valence-corrected chi connectivity index (χ3v) is 1.60. The number of nitrogens with one attached hydrogen (secondary N) is 2. The summed E-state index contributed by atoms with van der Waals surface area (Å²) in [7, 11) is 1.87. The normalized spacial score (nSPS) is 13.2. The number of likely N-dealkylation sites (N-methyl/N-ethyl adjacent to an activating group) is 1. The molecule has 1 rings (SSSR count). The molecule has 0 aromatic carbocycles. The van der Waals surface area contributed by atoms with Gasteiger partial charge in [-0.1, -0.05) is 0 Å². The lowest BCUT2D eigenvalue weighted by Crippen LogP contribution is -2.23. The van der Waals surface area contributed by atoms with Crippen LogP contribution >= 0.6 is 0 Å². The zero-order valence-corrected chi connectivity index (χ0v) is 7.37. The van der Waals surface area contributed by atoms with Crippen molar-refractivity contribution in [3.63, 3.8) is 0 Å². The van der Waals surface area contributed by atoms with Crippen molar-refractivity contribution < 1.29 is 4.74 Å². The molecule has 0 radical (unpaired) electrons. The van der Waals surface area contributed by atoms with Crippen molar-refractivity contribution in [1.29, 1.82) is 0 Å². The molecule has 2 N–H and O–H groups in total. The SMILES string of the molecule is CCOCC(NC)c1ncn[nH]1. The quantitative estimate of drug-likeness (QED) is 0.658.